The van der Waals surface area contributed by atoms with Crippen molar-refractivity contribution in [1.82, 2.24) is 9.97 Å². The minimum atomic E-state index is -0.296. The molecule has 0 radical (unpaired) electrons. The summed E-state index contributed by atoms with van der Waals surface area (Å²) in [5, 5.41) is 3.12. The number of rotatable bonds is 8. The molecule has 0 saturated heterocycles. The molecule has 100 valence electrons. The second-order valence-electron chi connectivity index (χ2n) is 3.95. The van der Waals surface area contributed by atoms with Crippen molar-refractivity contribution in [1.29, 1.82) is 0 Å². The molecule has 0 bridgehead atoms. The molecule has 1 heterocycles. The average molecular weight is 252 g/mol. The van der Waals surface area contributed by atoms with Gasteiger partial charge in [0, 0.05) is 25.5 Å². The zero-order valence-corrected chi connectivity index (χ0v) is 10.6. The summed E-state index contributed by atoms with van der Waals surface area (Å²) < 4.78 is 0. The van der Waals surface area contributed by atoms with Crippen LogP contribution in [0.15, 0.2) is 6.07 Å². The Morgan fingerprint density at radius 3 is 2.72 bits per heavy atom. The van der Waals surface area contributed by atoms with E-state index in [1.54, 1.807) is 6.07 Å². The first-order valence-electron chi connectivity index (χ1n) is 6.02. The van der Waals surface area contributed by atoms with Crippen molar-refractivity contribution in [3.63, 3.8) is 0 Å². The van der Waals surface area contributed by atoms with Crippen LogP contribution in [-0.2, 0) is 11.2 Å². The van der Waals surface area contributed by atoms with E-state index in [2.05, 4.69) is 27.6 Å². The molecule has 0 aliphatic carbocycles. The topological polar surface area (TPSA) is 119 Å². The molecule has 7 nitrogen and oxygen atoms in total. The van der Waals surface area contributed by atoms with Crippen molar-refractivity contribution < 1.29 is 4.79 Å². The summed E-state index contributed by atoms with van der Waals surface area (Å²) in [5.41, 5.74) is 7.57. The van der Waals surface area contributed by atoms with E-state index in [0.717, 1.165) is 18.7 Å². The maximum absolute atomic E-state index is 10.6. The Kier molecular flexibility index (Phi) is 5.86. The first-order valence-corrected chi connectivity index (χ1v) is 6.02. The third-order valence-electron chi connectivity index (χ3n) is 2.30. The fourth-order valence-corrected chi connectivity index (χ4v) is 1.48. The lowest BCUT2D eigenvalue weighted by Crippen LogP contribution is -2.14. The number of carbonyl (C=O) groups excluding carboxylic acids is 1. The van der Waals surface area contributed by atoms with Crippen LogP contribution < -0.4 is 22.3 Å². The molecule has 0 fully saturated rings. The van der Waals surface area contributed by atoms with Crippen molar-refractivity contribution in [2.75, 3.05) is 17.3 Å². The van der Waals surface area contributed by atoms with E-state index in [1.807, 2.05) is 0 Å². The molecule has 0 saturated carbocycles. The fourth-order valence-electron chi connectivity index (χ4n) is 1.48. The summed E-state index contributed by atoms with van der Waals surface area (Å²) in [6.07, 6.45) is 2.80. The summed E-state index contributed by atoms with van der Waals surface area (Å²) >= 11 is 0. The second kappa shape index (κ2) is 7.44. The minimum absolute atomic E-state index is 0.296. The highest BCUT2D eigenvalue weighted by molar-refractivity contribution is 5.73. The molecular weight excluding hydrogens is 232 g/mol. The Morgan fingerprint density at radius 2 is 2.11 bits per heavy atom. The summed E-state index contributed by atoms with van der Waals surface area (Å²) in [7, 11) is 0. The van der Waals surface area contributed by atoms with Gasteiger partial charge < -0.3 is 16.5 Å². The molecule has 1 rings (SSSR count). The van der Waals surface area contributed by atoms with Gasteiger partial charge in [-0.25, -0.2) is 15.8 Å². The first-order chi connectivity index (χ1) is 8.65. The maximum Gasteiger partial charge on any atom is 0.217 e. The maximum atomic E-state index is 10.6. The molecular formula is C11H20N6O. The van der Waals surface area contributed by atoms with Crippen molar-refractivity contribution >= 4 is 17.5 Å². The smallest absolute Gasteiger partial charge is 0.217 e. The molecule has 18 heavy (non-hydrogen) atoms. The highest BCUT2D eigenvalue weighted by Crippen LogP contribution is 2.11. The standard InChI is InChI=1S/C11H20N6O/c1-2-4-9-15-10(7-11(16-9)17-13)14-6-3-5-8(12)18/h7H,2-6,13H2,1H3,(H2,12,18)(H2,14,15,16,17). The zero-order chi connectivity index (χ0) is 13.4. The summed E-state index contributed by atoms with van der Waals surface area (Å²) in [5.74, 6) is 7.07. The quantitative estimate of drug-likeness (QED) is 0.302. The molecule has 6 N–H and O–H groups in total. The van der Waals surface area contributed by atoms with Gasteiger partial charge in [-0.3, -0.25) is 4.79 Å². The highest BCUT2D eigenvalue weighted by atomic mass is 16.1. The van der Waals surface area contributed by atoms with Crippen LogP contribution in [0.2, 0.25) is 0 Å². The molecule has 0 aliphatic rings. The zero-order valence-electron chi connectivity index (χ0n) is 10.6. The number of nitrogens with two attached hydrogens (primary N) is 2. The second-order valence-corrected chi connectivity index (χ2v) is 3.95. The Hall–Kier alpha value is -1.89. The molecule has 0 aromatic carbocycles. The van der Waals surface area contributed by atoms with Gasteiger partial charge >= 0.3 is 0 Å². The monoisotopic (exact) mass is 252 g/mol. The van der Waals surface area contributed by atoms with E-state index < -0.39 is 0 Å². The fraction of sp³-hybridized carbons (Fsp3) is 0.545. The predicted molar refractivity (Wildman–Crippen MR) is 70.8 cm³/mol. The number of nitrogens with one attached hydrogen (secondary N) is 2. The van der Waals surface area contributed by atoms with Crippen LogP contribution in [0.5, 0.6) is 0 Å². The van der Waals surface area contributed by atoms with Gasteiger partial charge in [0.2, 0.25) is 5.91 Å². The lowest BCUT2D eigenvalue weighted by molar-refractivity contribution is -0.118. The number of nitrogen functional groups attached to an aromatic ring is 1. The number of aromatic nitrogens is 2. The van der Waals surface area contributed by atoms with Crippen molar-refractivity contribution in [3.8, 4) is 0 Å². The van der Waals surface area contributed by atoms with Crippen LogP contribution in [0.4, 0.5) is 11.6 Å². The van der Waals surface area contributed by atoms with E-state index in [1.165, 1.54) is 0 Å². The van der Waals surface area contributed by atoms with Gasteiger partial charge in [-0.1, -0.05) is 6.92 Å². The number of hydrogen-bond donors (Lipinski definition) is 4. The molecule has 0 aliphatic heterocycles. The van der Waals surface area contributed by atoms with Gasteiger partial charge in [-0.2, -0.15) is 0 Å². The average Bonchev–Trinajstić information content (AvgIpc) is 2.34. The largest absolute Gasteiger partial charge is 0.370 e. The minimum Gasteiger partial charge on any atom is -0.370 e. The van der Waals surface area contributed by atoms with Gasteiger partial charge in [0.15, 0.2) is 0 Å². The van der Waals surface area contributed by atoms with Crippen LogP contribution in [0.25, 0.3) is 0 Å². The molecule has 7 heteroatoms. The number of hydrogen-bond acceptors (Lipinski definition) is 6. The number of hydrazine groups is 1. The molecule has 0 spiro atoms. The molecule has 1 aromatic rings. The molecule has 1 aromatic heterocycles. The number of nitrogens with zero attached hydrogens (tertiary/aromatic N) is 2. The number of amides is 1. The van der Waals surface area contributed by atoms with Crippen LogP contribution >= 0.6 is 0 Å². The van der Waals surface area contributed by atoms with Gasteiger partial charge in [-0.15, -0.1) is 0 Å². The van der Waals surface area contributed by atoms with E-state index in [9.17, 15) is 4.79 Å². The van der Waals surface area contributed by atoms with Crippen LogP contribution in [-0.4, -0.2) is 22.4 Å². The third-order valence-corrected chi connectivity index (χ3v) is 2.30. The number of carbonyl (C=O) groups is 1. The highest BCUT2D eigenvalue weighted by Gasteiger charge is 2.03. The lowest BCUT2D eigenvalue weighted by Gasteiger charge is -2.09. The number of primary amides is 1. The van der Waals surface area contributed by atoms with Crippen LogP contribution in [0.3, 0.4) is 0 Å². The van der Waals surface area contributed by atoms with Crippen molar-refractivity contribution in [3.05, 3.63) is 11.9 Å². The van der Waals surface area contributed by atoms with Crippen LogP contribution in [0.1, 0.15) is 32.0 Å². The van der Waals surface area contributed by atoms with Gasteiger partial charge in [0.1, 0.15) is 17.5 Å². The third kappa shape index (κ3) is 4.96. The van der Waals surface area contributed by atoms with Gasteiger partial charge in [-0.05, 0) is 12.8 Å². The Labute approximate surface area is 106 Å². The Balaban J connectivity index is 2.57. The Morgan fingerprint density at radius 1 is 1.39 bits per heavy atom. The van der Waals surface area contributed by atoms with Gasteiger partial charge in [0.25, 0.3) is 0 Å². The molecule has 0 unspecified atom stereocenters. The normalized spacial score (nSPS) is 10.1. The van der Waals surface area contributed by atoms with Crippen LogP contribution in [0, 0.1) is 0 Å². The molecule has 0 atom stereocenters. The Bertz CT molecular complexity index is 395. The summed E-state index contributed by atoms with van der Waals surface area (Å²) in [4.78, 5) is 19.2. The first kappa shape index (κ1) is 14.2. The predicted octanol–water partition coefficient (Wildman–Crippen LogP) is 0.392. The van der Waals surface area contributed by atoms with Crippen molar-refractivity contribution in [2.24, 2.45) is 11.6 Å². The SMILES string of the molecule is CCCc1nc(NN)cc(NCCCC(N)=O)n1. The lowest BCUT2D eigenvalue weighted by atomic mass is 10.3. The van der Waals surface area contributed by atoms with E-state index >= 15 is 0 Å². The molecule has 1 amide bonds. The van der Waals surface area contributed by atoms with E-state index in [-0.39, 0.29) is 5.91 Å². The summed E-state index contributed by atoms with van der Waals surface area (Å²) in [6.45, 7) is 2.70. The van der Waals surface area contributed by atoms with Gasteiger partial charge in [0.05, 0.1) is 0 Å². The summed E-state index contributed by atoms with van der Waals surface area (Å²) in [6, 6.07) is 1.73. The van der Waals surface area contributed by atoms with Crippen molar-refractivity contribution in [2.45, 2.75) is 32.6 Å². The number of anilines is 2. The van der Waals surface area contributed by atoms with E-state index in [4.69, 9.17) is 11.6 Å². The van der Waals surface area contributed by atoms with E-state index in [0.29, 0.717) is 31.0 Å². The number of aryl methyl sites for hydroxylation is 1.